The number of carbonyl (C=O) groups is 3. The van der Waals surface area contributed by atoms with E-state index in [4.69, 9.17) is 0 Å². The van der Waals surface area contributed by atoms with Crippen LogP contribution >= 0.6 is 0 Å². The van der Waals surface area contributed by atoms with Crippen molar-refractivity contribution < 1.29 is 14.4 Å². The quantitative estimate of drug-likeness (QED) is 0.573. The van der Waals surface area contributed by atoms with Crippen LogP contribution in [-0.2, 0) is 9.59 Å². The Morgan fingerprint density at radius 2 is 1.71 bits per heavy atom. The van der Waals surface area contributed by atoms with Gasteiger partial charge < -0.3 is 0 Å². The van der Waals surface area contributed by atoms with Gasteiger partial charge in [-0.2, -0.15) is 0 Å². The van der Waals surface area contributed by atoms with Gasteiger partial charge in [0.05, 0.1) is 0 Å². The third-order valence-electron chi connectivity index (χ3n) is 3.32. The minimum absolute atomic E-state index is 0.203. The van der Waals surface area contributed by atoms with Crippen LogP contribution in [0.15, 0.2) is 12.2 Å². The fourth-order valence-electron chi connectivity index (χ4n) is 2.36. The van der Waals surface area contributed by atoms with Crippen molar-refractivity contribution in [3.63, 3.8) is 0 Å². The Kier molecular flexibility index (Phi) is 4.04. The van der Waals surface area contributed by atoms with Crippen LogP contribution in [0.1, 0.15) is 33.6 Å². The molecule has 5 nitrogen and oxygen atoms in total. The van der Waals surface area contributed by atoms with Gasteiger partial charge in [0, 0.05) is 0 Å². The molecule has 17 heavy (non-hydrogen) atoms. The van der Waals surface area contributed by atoms with Gasteiger partial charge in [-0.15, -0.1) is 0 Å². The summed E-state index contributed by atoms with van der Waals surface area (Å²) in [5.74, 6) is -1.21. The highest BCUT2D eigenvalue weighted by molar-refractivity contribution is 6.19. The molecule has 0 bridgehead atoms. The predicted octanol–water partition coefficient (Wildman–Crippen LogP) is 1.35. The molecule has 1 aliphatic rings. The Hall–Kier alpha value is -1.65. The van der Waals surface area contributed by atoms with E-state index in [0.29, 0.717) is 12.8 Å². The number of rotatable bonds is 4. The molecule has 1 fully saturated rings. The Morgan fingerprint density at radius 1 is 1.18 bits per heavy atom. The lowest BCUT2D eigenvalue weighted by molar-refractivity contribution is -0.147. The van der Waals surface area contributed by atoms with Crippen LogP contribution in [-0.4, -0.2) is 17.8 Å². The van der Waals surface area contributed by atoms with Crippen LogP contribution in [0.2, 0.25) is 0 Å². The first-order valence-electron chi connectivity index (χ1n) is 5.82. The number of imide groups is 2. The zero-order valence-electron chi connectivity index (χ0n) is 10.4. The van der Waals surface area contributed by atoms with Gasteiger partial charge in [-0.05, 0) is 25.7 Å². The molecule has 0 radical (unpaired) electrons. The van der Waals surface area contributed by atoms with Crippen molar-refractivity contribution in [1.82, 2.24) is 10.6 Å². The van der Waals surface area contributed by atoms with Gasteiger partial charge in [-0.1, -0.05) is 26.0 Å². The molecule has 1 unspecified atom stereocenters. The number of barbiturate groups is 1. The Bertz CT molecular complexity index is 354. The predicted molar refractivity (Wildman–Crippen MR) is 63.0 cm³/mol. The summed E-state index contributed by atoms with van der Waals surface area (Å²) in [5.41, 5.74) is -1.17. The van der Waals surface area contributed by atoms with Crippen molar-refractivity contribution in [3.8, 4) is 0 Å². The second kappa shape index (κ2) is 5.12. The maximum Gasteiger partial charge on any atom is 0.328 e. The van der Waals surface area contributed by atoms with E-state index >= 15 is 0 Å². The van der Waals surface area contributed by atoms with E-state index in [2.05, 4.69) is 10.6 Å². The fourth-order valence-corrected chi connectivity index (χ4v) is 2.36. The Morgan fingerprint density at radius 3 is 2.06 bits per heavy atom. The first-order valence-corrected chi connectivity index (χ1v) is 5.82. The molecule has 0 aliphatic carbocycles. The number of carbonyl (C=O) groups excluding carboxylic acids is 3. The maximum absolute atomic E-state index is 12.0. The minimum atomic E-state index is -1.17. The number of allylic oxidation sites excluding steroid dienone is 2. The highest BCUT2D eigenvalue weighted by Gasteiger charge is 2.52. The van der Waals surface area contributed by atoms with E-state index in [0.717, 1.165) is 0 Å². The SMILES string of the molecule is C/C=C/C(CC)C1(CC)C(=O)NC(=O)NC1=O. The summed E-state index contributed by atoms with van der Waals surface area (Å²) in [7, 11) is 0. The molecule has 1 rings (SSSR count). The summed E-state index contributed by atoms with van der Waals surface area (Å²) in [6.45, 7) is 5.54. The molecule has 1 atom stereocenters. The molecule has 0 aromatic rings. The van der Waals surface area contributed by atoms with Crippen molar-refractivity contribution >= 4 is 17.8 Å². The lowest BCUT2D eigenvalue weighted by Gasteiger charge is -2.37. The van der Waals surface area contributed by atoms with Gasteiger partial charge in [0.2, 0.25) is 11.8 Å². The van der Waals surface area contributed by atoms with E-state index in [1.54, 1.807) is 6.92 Å². The van der Waals surface area contributed by atoms with Crippen molar-refractivity contribution in [1.29, 1.82) is 0 Å². The normalized spacial score (nSPS) is 21.2. The second-order valence-corrected chi connectivity index (χ2v) is 4.10. The molecular formula is C12H18N2O3. The van der Waals surface area contributed by atoms with E-state index in [1.807, 2.05) is 26.0 Å². The topological polar surface area (TPSA) is 75.3 Å². The van der Waals surface area contributed by atoms with Crippen LogP contribution in [0.4, 0.5) is 4.79 Å². The molecule has 0 aromatic heterocycles. The largest absolute Gasteiger partial charge is 0.328 e. The zero-order valence-corrected chi connectivity index (χ0v) is 10.4. The molecule has 0 saturated carbocycles. The van der Waals surface area contributed by atoms with Gasteiger partial charge in [-0.25, -0.2) is 4.79 Å². The smallest absolute Gasteiger partial charge is 0.277 e. The van der Waals surface area contributed by atoms with Crippen LogP contribution in [0.5, 0.6) is 0 Å². The number of nitrogens with one attached hydrogen (secondary N) is 2. The molecule has 94 valence electrons. The first-order chi connectivity index (χ1) is 8.02. The second-order valence-electron chi connectivity index (χ2n) is 4.10. The maximum atomic E-state index is 12.0. The van der Waals surface area contributed by atoms with Gasteiger partial charge >= 0.3 is 6.03 Å². The number of hydrogen-bond acceptors (Lipinski definition) is 3. The van der Waals surface area contributed by atoms with Crippen molar-refractivity contribution in [2.45, 2.75) is 33.6 Å². The molecule has 2 N–H and O–H groups in total. The monoisotopic (exact) mass is 238 g/mol. The molecule has 1 heterocycles. The van der Waals surface area contributed by atoms with Crippen molar-refractivity contribution in [2.24, 2.45) is 11.3 Å². The average Bonchev–Trinajstić information content (AvgIpc) is 2.27. The van der Waals surface area contributed by atoms with Crippen molar-refractivity contribution in [2.75, 3.05) is 0 Å². The van der Waals surface area contributed by atoms with Gasteiger partial charge in [0.15, 0.2) is 0 Å². The van der Waals surface area contributed by atoms with E-state index in [-0.39, 0.29) is 5.92 Å². The molecule has 1 aliphatic heterocycles. The van der Waals surface area contributed by atoms with Crippen LogP contribution in [0, 0.1) is 11.3 Å². The van der Waals surface area contributed by atoms with E-state index in [9.17, 15) is 14.4 Å². The van der Waals surface area contributed by atoms with Gasteiger partial charge in [0.1, 0.15) is 5.41 Å². The number of hydrogen-bond donors (Lipinski definition) is 2. The summed E-state index contributed by atoms with van der Waals surface area (Å²) < 4.78 is 0. The highest BCUT2D eigenvalue weighted by atomic mass is 16.2. The summed E-state index contributed by atoms with van der Waals surface area (Å²) in [4.78, 5) is 35.1. The number of amides is 4. The molecule has 0 spiro atoms. The molecule has 0 aromatic carbocycles. The summed E-state index contributed by atoms with van der Waals surface area (Å²) >= 11 is 0. The van der Waals surface area contributed by atoms with E-state index in [1.165, 1.54) is 0 Å². The Labute approximate surface area is 101 Å². The molecular weight excluding hydrogens is 220 g/mol. The summed E-state index contributed by atoms with van der Waals surface area (Å²) in [5, 5.41) is 4.36. The minimum Gasteiger partial charge on any atom is -0.277 e. The third-order valence-corrected chi connectivity index (χ3v) is 3.32. The fraction of sp³-hybridized carbons (Fsp3) is 0.583. The van der Waals surface area contributed by atoms with Crippen LogP contribution in [0.3, 0.4) is 0 Å². The average molecular weight is 238 g/mol. The first kappa shape index (κ1) is 13.4. The van der Waals surface area contributed by atoms with Crippen LogP contribution in [0.25, 0.3) is 0 Å². The van der Waals surface area contributed by atoms with Gasteiger partial charge in [-0.3, -0.25) is 20.2 Å². The summed E-state index contributed by atoms with van der Waals surface area (Å²) in [6.07, 6.45) is 4.69. The lowest BCUT2D eigenvalue weighted by atomic mass is 9.69. The molecule has 5 heteroatoms. The van der Waals surface area contributed by atoms with Crippen molar-refractivity contribution in [3.05, 3.63) is 12.2 Å². The zero-order chi connectivity index (χ0) is 13.1. The van der Waals surface area contributed by atoms with E-state index < -0.39 is 23.3 Å². The molecule has 1 saturated heterocycles. The summed E-state index contributed by atoms with van der Waals surface area (Å²) in [6, 6.07) is -0.737. The highest BCUT2D eigenvalue weighted by Crippen LogP contribution is 2.37. The standard InChI is InChI=1S/C12H18N2O3/c1-4-7-8(5-2)12(6-3)9(15)13-11(17)14-10(12)16/h4,7-8H,5-6H2,1-3H3,(H2,13,14,15,16,17)/b7-4+. The lowest BCUT2D eigenvalue weighted by Crippen LogP contribution is -2.64. The third kappa shape index (κ3) is 2.09. The van der Waals surface area contributed by atoms with Gasteiger partial charge in [0.25, 0.3) is 0 Å². The Balaban J connectivity index is 3.20. The number of urea groups is 1. The van der Waals surface area contributed by atoms with Crippen LogP contribution < -0.4 is 10.6 Å². The molecule has 4 amide bonds.